The van der Waals surface area contributed by atoms with Crippen LogP contribution in [0.4, 0.5) is 13.2 Å². The highest BCUT2D eigenvalue weighted by molar-refractivity contribution is 5.82. The molecule has 2 heterocycles. The van der Waals surface area contributed by atoms with Crippen molar-refractivity contribution < 1.29 is 23.1 Å². The van der Waals surface area contributed by atoms with E-state index in [2.05, 4.69) is 15.6 Å². The molecule has 0 radical (unpaired) electrons. The Bertz CT molecular complexity index is 821. The lowest BCUT2D eigenvalue weighted by molar-refractivity contribution is -0.272. The second-order valence-electron chi connectivity index (χ2n) is 6.67. The third-order valence-electron chi connectivity index (χ3n) is 4.84. The summed E-state index contributed by atoms with van der Waals surface area (Å²) < 4.78 is 41.5. The number of nitrogens with one attached hydrogen (secondary N) is 2. The molecule has 0 fully saturated rings. The number of alkyl halides is 3. The lowest BCUT2D eigenvalue weighted by Gasteiger charge is -2.30. The Morgan fingerprint density at radius 2 is 2.07 bits per heavy atom. The van der Waals surface area contributed by atoms with Crippen LogP contribution in [0.25, 0.3) is 0 Å². The number of aliphatic hydroxyl groups is 1. The van der Waals surface area contributed by atoms with Gasteiger partial charge >= 0.3 is 6.18 Å². The van der Waals surface area contributed by atoms with Crippen LogP contribution in [0.1, 0.15) is 23.4 Å². The van der Waals surface area contributed by atoms with Crippen molar-refractivity contribution in [2.24, 2.45) is 7.05 Å². The minimum atomic E-state index is -4.92. The number of imidazole rings is 1. The number of carbonyl (C=O) groups is 1. The van der Waals surface area contributed by atoms with Gasteiger partial charge in [-0.3, -0.25) is 4.79 Å². The van der Waals surface area contributed by atoms with Gasteiger partial charge in [0.2, 0.25) is 11.5 Å². The second-order valence-corrected chi connectivity index (χ2v) is 6.67. The first-order valence-electron chi connectivity index (χ1n) is 8.57. The van der Waals surface area contributed by atoms with Crippen LogP contribution < -0.4 is 10.6 Å². The Kier molecular flexibility index (Phi) is 5.25. The van der Waals surface area contributed by atoms with Crippen molar-refractivity contribution in [1.29, 1.82) is 0 Å². The van der Waals surface area contributed by atoms with Crippen LogP contribution in [-0.2, 0) is 30.4 Å². The van der Waals surface area contributed by atoms with Crippen molar-refractivity contribution in [1.82, 2.24) is 20.2 Å². The topological polar surface area (TPSA) is 79.2 Å². The van der Waals surface area contributed by atoms with E-state index >= 15 is 0 Å². The summed E-state index contributed by atoms with van der Waals surface area (Å²) in [6, 6.07) is 7.17. The molecular formula is C18H21F3N4O2. The molecule has 9 heteroatoms. The molecule has 3 N–H and O–H groups in total. The smallest absolute Gasteiger partial charge is 0.374 e. The Balaban J connectivity index is 1.63. The average molecular weight is 382 g/mol. The molecule has 1 aliphatic heterocycles. The Morgan fingerprint density at radius 3 is 2.70 bits per heavy atom. The van der Waals surface area contributed by atoms with Gasteiger partial charge in [0, 0.05) is 39.0 Å². The maximum Gasteiger partial charge on any atom is 0.424 e. The van der Waals surface area contributed by atoms with Crippen molar-refractivity contribution in [3.63, 3.8) is 0 Å². The minimum absolute atomic E-state index is 0.332. The molecule has 0 spiro atoms. The summed E-state index contributed by atoms with van der Waals surface area (Å²) >= 11 is 0. The first kappa shape index (κ1) is 19.4. The summed E-state index contributed by atoms with van der Waals surface area (Å²) in [5.74, 6) is -0.900. The van der Waals surface area contributed by atoms with E-state index in [0.717, 1.165) is 15.7 Å². The molecule has 0 bridgehead atoms. The van der Waals surface area contributed by atoms with E-state index in [1.54, 1.807) is 0 Å². The predicted octanol–water partition coefficient (Wildman–Crippen LogP) is 1.39. The highest BCUT2D eigenvalue weighted by Gasteiger charge is 2.57. The number of halogens is 3. The summed E-state index contributed by atoms with van der Waals surface area (Å²) in [6.45, 7) is 0.190. The molecule has 1 aromatic heterocycles. The van der Waals surface area contributed by atoms with Crippen molar-refractivity contribution in [3.05, 3.63) is 53.6 Å². The quantitative estimate of drug-likeness (QED) is 0.730. The van der Waals surface area contributed by atoms with Crippen molar-refractivity contribution >= 4 is 5.91 Å². The van der Waals surface area contributed by atoms with Gasteiger partial charge in [-0.15, -0.1) is 0 Å². The fourth-order valence-corrected chi connectivity index (χ4v) is 3.27. The summed E-state index contributed by atoms with van der Waals surface area (Å²) in [6.07, 6.45) is -2.66. The minimum Gasteiger partial charge on any atom is -0.374 e. The number of benzene rings is 1. The molecule has 0 aliphatic carbocycles. The average Bonchev–Trinajstić information content (AvgIpc) is 3.06. The number of hydrogen-bond acceptors (Lipinski definition) is 4. The van der Waals surface area contributed by atoms with Crippen LogP contribution in [0.5, 0.6) is 0 Å². The number of hydrogen-bond donors (Lipinski definition) is 3. The van der Waals surface area contributed by atoms with Crippen molar-refractivity contribution in [2.45, 2.75) is 37.2 Å². The van der Waals surface area contributed by atoms with Crippen LogP contribution >= 0.6 is 0 Å². The number of amides is 1. The zero-order chi connectivity index (χ0) is 19.7. The van der Waals surface area contributed by atoms with Crippen LogP contribution in [0.15, 0.2) is 36.7 Å². The summed E-state index contributed by atoms with van der Waals surface area (Å²) in [4.78, 5) is 16.0. The molecule has 1 aliphatic rings. The summed E-state index contributed by atoms with van der Waals surface area (Å²) in [5.41, 5.74) is -0.996. The number of aryl methyl sites for hydroxylation is 1. The Hall–Kier alpha value is -2.39. The second kappa shape index (κ2) is 7.32. The Morgan fingerprint density at radius 1 is 1.37 bits per heavy atom. The van der Waals surface area contributed by atoms with E-state index in [-0.39, 0.29) is 6.54 Å². The maximum atomic E-state index is 13.5. The van der Waals surface area contributed by atoms with E-state index in [1.807, 2.05) is 24.3 Å². The van der Waals surface area contributed by atoms with Gasteiger partial charge in [0.1, 0.15) is 5.82 Å². The zero-order valence-corrected chi connectivity index (χ0v) is 14.8. The summed E-state index contributed by atoms with van der Waals surface area (Å²) in [5, 5.41) is 15.8. The molecule has 0 saturated heterocycles. The van der Waals surface area contributed by atoms with Gasteiger partial charge in [0.25, 0.3) is 0 Å². The van der Waals surface area contributed by atoms with Gasteiger partial charge < -0.3 is 20.3 Å². The lowest BCUT2D eigenvalue weighted by atomic mass is 9.95. The number of aromatic nitrogens is 2. The summed E-state index contributed by atoms with van der Waals surface area (Å²) in [7, 11) is 1.38. The molecule has 6 nitrogen and oxygen atoms in total. The van der Waals surface area contributed by atoms with Gasteiger partial charge in [-0.1, -0.05) is 24.3 Å². The molecule has 0 unspecified atom stereocenters. The van der Waals surface area contributed by atoms with Crippen LogP contribution in [0.3, 0.4) is 0 Å². The fourth-order valence-electron chi connectivity index (χ4n) is 3.27. The van der Waals surface area contributed by atoms with Gasteiger partial charge in [-0.25, -0.2) is 4.98 Å². The first-order chi connectivity index (χ1) is 12.7. The monoisotopic (exact) mass is 382 g/mol. The standard InChI is InChI=1S/C18H21F3N4O2/c1-25-9-8-23-16(25)17(27,18(19,20)21)6-7-22-15(26)14-10-12-4-2-3-5-13(12)11-24-14/h2-5,8-9,14,24,27H,6-7,10-11H2,1H3,(H,22,26)/t14-,17+/m0/s1. The third kappa shape index (κ3) is 3.84. The number of fused-ring (bicyclic) bond motifs is 1. The SMILES string of the molecule is Cn1ccnc1[C@](O)(CCNC(=O)[C@@H]1Cc2ccccc2CN1)C(F)(F)F. The van der Waals surface area contributed by atoms with E-state index in [4.69, 9.17) is 0 Å². The van der Waals surface area contributed by atoms with Gasteiger partial charge in [0.05, 0.1) is 6.04 Å². The van der Waals surface area contributed by atoms with E-state index in [1.165, 1.54) is 19.4 Å². The third-order valence-corrected chi connectivity index (χ3v) is 4.84. The van der Waals surface area contributed by atoms with Crippen molar-refractivity contribution in [3.8, 4) is 0 Å². The van der Waals surface area contributed by atoms with Crippen LogP contribution in [0.2, 0.25) is 0 Å². The highest BCUT2D eigenvalue weighted by atomic mass is 19.4. The normalized spacial score (nSPS) is 19.2. The van der Waals surface area contributed by atoms with E-state index < -0.39 is 36.0 Å². The fraction of sp³-hybridized carbons (Fsp3) is 0.444. The molecule has 1 amide bonds. The van der Waals surface area contributed by atoms with Gasteiger partial charge in [0.15, 0.2) is 0 Å². The number of carbonyl (C=O) groups excluding carboxylic acids is 1. The zero-order valence-electron chi connectivity index (χ0n) is 14.8. The number of nitrogens with zero attached hydrogens (tertiary/aromatic N) is 2. The predicted molar refractivity (Wildman–Crippen MR) is 91.6 cm³/mol. The maximum absolute atomic E-state index is 13.5. The lowest BCUT2D eigenvalue weighted by Crippen LogP contribution is -2.50. The molecule has 146 valence electrons. The molecule has 27 heavy (non-hydrogen) atoms. The van der Waals surface area contributed by atoms with E-state index in [9.17, 15) is 23.1 Å². The molecule has 2 aromatic rings. The largest absolute Gasteiger partial charge is 0.424 e. The molecule has 1 aromatic carbocycles. The van der Waals surface area contributed by atoms with E-state index in [0.29, 0.717) is 13.0 Å². The molecule has 0 saturated carbocycles. The molecule has 3 rings (SSSR count). The van der Waals surface area contributed by atoms with Crippen LogP contribution in [0, 0.1) is 0 Å². The molecular weight excluding hydrogens is 361 g/mol. The van der Waals surface area contributed by atoms with Crippen molar-refractivity contribution in [2.75, 3.05) is 6.54 Å². The van der Waals surface area contributed by atoms with Gasteiger partial charge in [-0.05, 0) is 17.5 Å². The van der Waals surface area contributed by atoms with Crippen LogP contribution in [-0.4, -0.2) is 39.3 Å². The Labute approximate surface area is 154 Å². The highest BCUT2D eigenvalue weighted by Crippen LogP contribution is 2.40. The van der Waals surface area contributed by atoms with Gasteiger partial charge in [-0.2, -0.15) is 13.2 Å². The number of rotatable bonds is 5. The molecule has 2 atom stereocenters. The first-order valence-corrected chi connectivity index (χ1v) is 8.57.